The third kappa shape index (κ3) is 4.24. The molecular weight excluding hydrogens is 306 g/mol. The molecule has 0 aliphatic heterocycles. The van der Waals surface area contributed by atoms with E-state index in [1.165, 1.54) is 0 Å². The van der Waals surface area contributed by atoms with E-state index in [1.807, 2.05) is 30.3 Å². The van der Waals surface area contributed by atoms with Crippen LogP contribution >= 0.6 is 24.2 Å². The summed E-state index contributed by atoms with van der Waals surface area (Å²) in [7, 11) is 0. The van der Waals surface area contributed by atoms with Gasteiger partial charge in [0.2, 0.25) is 0 Å². The number of aliphatic hydroxyl groups excluding tert-OH is 1. The van der Waals surface area contributed by atoms with Gasteiger partial charge in [-0.3, -0.25) is 4.79 Å². The first-order chi connectivity index (χ1) is 10.1. The molecule has 0 aliphatic carbocycles. The van der Waals surface area contributed by atoms with E-state index in [9.17, 15) is 9.90 Å². The first kappa shape index (κ1) is 15.9. The molecule has 0 saturated heterocycles. The van der Waals surface area contributed by atoms with Crippen LogP contribution in [0.5, 0.6) is 0 Å². The molecule has 0 spiro atoms. The zero-order valence-electron chi connectivity index (χ0n) is 11.4. The van der Waals surface area contributed by atoms with Crippen LogP contribution in [0.25, 0.3) is 0 Å². The van der Waals surface area contributed by atoms with Gasteiger partial charge >= 0.3 is 0 Å². The maximum Gasteiger partial charge on any atom is 0.255 e. The largest absolute Gasteiger partial charge is 0.395 e. The summed E-state index contributed by atoms with van der Waals surface area (Å²) in [6.45, 7) is 0.574. The van der Waals surface area contributed by atoms with Gasteiger partial charge in [0.05, 0.1) is 17.2 Å². The van der Waals surface area contributed by atoms with Crippen molar-refractivity contribution in [3.8, 4) is 0 Å². The average molecular weight is 322 g/mol. The molecule has 1 amide bonds. The Bertz CT molecular complexity index is 619. The number of carbonyl (C=O) groups excluding carboxylic acids is 1. The van der Waals surface area contributed by atoms with E-state index >= 15 is 0 Å². The van der Waals surface area contributed by atoms with Gasteiger partial charge in [-0.1, -0.05) is 41.9 Å². The van der Waals surface area contributed by atoms with Crippen LogP contribution in [0.4, 0.5) is 0 Å². The molecule has 110 valence electrons. The number of hydrogen-bond acceptors (Lipinski definition) is 3. The minimum atomic E-state index is -0.214. The summed E-state index contributed by atoms with van der Waals surface area (Å²) in [5.74, 6) is -0.214. The smallest absolute Gasteiger partial charge is 0.255 e. The standard InChI is InChI=1S/C16H16ClNO2S/c17-15-7-6-13(21)10-14(15)16(20)18(8-9-19)11-12-4-2-1-3-5-12/h1-7,10,19,21H,8-9,11H2. The SMILES string of the molecule is O=C(c1cc(S)ccc1Cl)N(CCO)Cc1ccccc1. The number of thiol groups is 1. The fourth-order valence-corrected chi connectivity index (χ4v) is 2.43. The molecule has 3 nitrogen and oxygen atoms in total. The van der Waals surface area contributed by atoms with Crippen LogP contribution in [0.15, 0.2) is 53.4 Å². The molecule has 5 heteroatoms. The van der Waals surface area contributed by atoms with Crippen LogP contribution in [0, 0.1) is 0 Å². The van der Waals surface area contributed by atoms with E-state index in [0.717, 1.165) is 5.56 Å². The quantitative estimate of drug-likeness (QED) is 0.830. The first-order valence-electron chi connectivity index (χ1n) is 6.54. The number of rotatable bonds is 5. The molecule has 2 aromatic carbocycles. The third-order valence-electron chi connectivity index (χ3n) is 3.05. The van der Waals surface area contributed by atoms with E-state index < -0.39 is 0 Å². The topological polar surface area (TPSA) is 40.5 Å². The van der Waals surface area contributed by atoms with Crippen LogP contribution < -0.4 is 0 Å². The molecule has 0 unspecified atom stereocenters. The van der Waals surface area contributed by atoms with E-state index in [0.29, 0.717) is 22.0 Å². The number of hydrogen-bond donors (Lipinski definition) is 2. The molecule has 0 aromatic heterocycles. The number of carbonyl (C=O) groups is 1. The summed E-state index contributed by atoms with van der Waals surface area (Å²) < 4.78 is 0. The van der Waals surface area contributed by atoms with E-state index in [1.54, 1.807) is 23.1 Å². The Morgan fingerprint density at radius 1 is 1.19 bits per heavy atom. The Morgan fingerprint density at radius 3 is 2.57 bits per heavy atom. The van der Waals surface area contributed by atoms with Gasteiger partial charge in [0.25, 0.3) is 5.91 Å². The minimum absolute atomic E-state index is 0.100. The highest BCUT2D eigenvalue weighted by molar-refractivity contribution is 7.80. The second-order valence-corrected chi connectivity index (χ2v) is 5.52. The van der Waals surface area contributed by atoms with Crippen molar-refractivity contribution in [1.29, 1.82) is 0 Å². The maximum atomic E-state index is 12.6. The van der Waals surface area contributed by atoms with Gasteiger partial charge in [0.15, 0.2) is 0 Å². The van der Waals surface area contributed by atoms with Crippen molar-refractivity contribution in [1.82, 2.24) is 4.90 Å². The number of aliphatic hydroxyl groups is 1. The Morgan fingerprint density at radius 2 is 1.90 bits per heavy atom. The molecule has 1 N–H and O–H groups in total. The molecule has 2 aromatic rings. The van der Waals surface area contributed by atoms with Gasteiger partial charge in [-0.05, 0) is 23.8 Å². The van der Waals surface area contributed by atoms with Gasteiger partial charge in [-0.15, -0.1) is 12.6 Å². The number of nitrogens with zero attached hydrogens (tertiary/aromatic N) is 1. The molecule has 0 aliphatic rings. The molecule has 0 heterocycles. The lowest BCUT2D eigenvalue weighted by atomic mass is 10.1. The zero-order chi connectivity index (χ0) is 15.2. The van der Waals surface area contributed by atoms with Crippen molar-refractivity contribution in [2.45, 2.75) is 11.4 Å². The third-order valence-corrected chi connectivity index (χ3v) is 3.66. The molecule has 0 radical (unpaired) electrons. The Balaban J connectivity index is 2.25. The molecule has 2 rings (SSSR count). The van der Waals surface area contributed by atoms with Crippen LogP contribution in [0.2, 0.25) is 5.02 Å². The van der Waals surface area contributed by atoms with Gasteiger partial charge < -0.3 is 10.0 Å². The van der Waals surface area contributed by atoms with E-state index in [-0.39, 0.29) is 19.1 Å². The first-order valence-corrected chi connectivity index (χ1v) is 7.37. The number of halogens is 1. The highest BCUT2D eigenvalue weighted by Gasteiger charge is 2.18. The second kappa shape index (κ2) is 7.50. The van der Waals surface area contributed by atoms with Crippen molar-refractivity contribution in [3.05, 3.63) is 64.7 Å². The molecule has 0 saturated carbocycles. The second-order valence-electron chi connectivity index (χ2n) is 4.60. The average Bonchev–Trinajstić information content (AvgIpc) is 2.49. The minimum Gasteiger partial charge on any atom is -0.395 e. The molecule has 0 bridgehead atoms. The summed E-state index contributed by atoms with van der Waals surface area (Å²) in [5, 5.41) is 9.58. The Hall–Kier alpha value is -1.49. The van der Waals surface area contributed by atoms with Crippen molar-refractivity contribution in [2.24, 2.45) is 0 Å². The summed E-state index contributed by atoms with van der Waals surface area (Å²) in [6, 6.07) is 14.7. The summed E-state index contributed by atoms with van der Waals surface area (Å²) in [4.78, 5) is 14.9. The lowest BCUT2D eigenvalue weighted by molar-refractivity contribution is 0.0708. The molecule has 0 atom stereocenters. The fourth-order valence-electron chi connectivity index (χ4n) is 2.02. The highest BCUT2D eigenvalue weighted by atomic mass is 35.5. The fraction of sp³-hybridized carbons (Fsp3) is 0.188. The lowest BCUT2D eigenvalue weighted by Gasteiger charge is -2.22. The maximum absolute atomic E-state index is 12.6. The van der Waals surface area contributed by atoms with Gasteiger partial charge in [0.1, 0.15) is 0 Å². The predicted octanol–water partition coefficient (Wildman–Crippen LogP) is 3.26. The van der Waals surface area contributed by atoms with Crippen LogP contribution in [0.3, 0.4) is 0 Å². The van der Waals surface area contributed by atoms with Gasteiger partial charge in [-0.25, -0.2) is 0 Å². The molecule has 0 fully saturated rings. The summed E-state index contributed by atoms with van der Waals surface area (Å²) >= 11 is 10.3. The van der Waals surface area contributed by atoms with Crippen LogP contribution in [-0.2, 0) is 6.54 Å². The highest BCUT2D eigenvalue weighted by Crippen LogP contribution is 2.22. The molecule has 21 heavy (non-hydrogen) atoms. The van der Waals surface area contributed by atoms with Crippen molar-refractivity contribution in [3.63, 3.8) is 0 Å². The Kier molecular flexibility index (Phi) is 5.67. The van der Waals surface area contributed by atoms with Crippen LogP contribution in [0.1, 0.15) is 15.9 Å². The zero-order valence-corrected chi connectivity index (χ0v) is 13.0. The van der Waals surface area contributed by atoms with E-state index in [2.05, 4.69) is 12.6 Å². The summed E-state index contributed by atoms with van der Waals surface area (Å²) in [5.41, 5.74) is 1.39. The van der Waals surface area contributed by atoms with Crippen molar-refractivity contribution in [2.75, 3.05) is 13.2 Å². The normalized spacial score (nSPS) is 10.4. The van der Waals surface area contributed by atoms with E-state index in [4.69, 9.17) is 11.6 Å². The summed E-state index contributed by atoms with van der Waals surface area (Å²) in [6.07, 6.45) is 0. The van der Waals surface area contributed by atoms with Crippen LogP contribution in [-0.4, -0.2) is 29.1 Å². The molecular formula is C16H16ClNO2S. The Labute approximate surface area is 134 Å². The van der Waals surface area contributed by atoms with Gasteiger partial charge in [0, 0.05) is 18.0 Å². The lowest BCUT2D eigenvalue weighted by Crippen LogP contribution is -2.33. The van der Waals surface area contributed by atoms with Gasteiger partial charge in [-0.2, -0.15) is 0 Å². The number of amides is 1. The predicted molar refractivity (Wildman–Crippen MR) is 87.0 cm³/mol. The monoisotopic (exact) mass is 321 g/mol. The van der Waals surface area contributed by atoms with Crippen molar-refractivity contribution < 1.29 is 9.90 Å². The van der Waals surface area contributed by atoms with Crippen molar-refractivity contribution >= 4 is 30.1 Å². The number of benzene rings is 2.